The number of nitrogens with zero attached hydrogens (tertiary/aromatic N) is 2. The number of ether oxygens (including phenoxy) is 2. The topological polar surface area (TPSA) is 99.0 Å². The van der Waals surface area contributed by atoms with Gasteiger partial charge in [0.05, 0.1) is 36.7 Å². The van der Waals surface area contributed by atoms with Crippen molar-refractivity contribution in [1.82, 2.24) is 0 Å². The predicted octanol–water partition coefficient (Wildman–Crippen LogP) is 5.04. The normalized spacial score (nSPS) is 23.1. The smallest absolute Gasteiger partial charge is 0.269 e. The Balaban J connectivity index is 1.44. The highest BCUT2D eigenvalue weighted by molar-refractivity contribution is 6.23. The first kappa shape index (κ1) is 23.7. The molecular weight excluding hydrogens is 484 g/mol. The molecule has 38 heavy (non-hydrogen) atoms. The van der Waals surface area contributed by atoms with Crippen LogP contribution in [0.1, 0.15) is 11.1 Å². The van der Waals surface area contributed by atoms with Gasteiger partial charge in [0.25, 0.3) is 5.69 Å². The lowest BCUT2D eigenvalue weighted by atomic mass is 9.85. The van der Waals surface area contributed by atoms with Crippen molar-refractivity contribution in [3.8, 4) is 11.5 Å². The quantitative estimate of drug-likeness (QED) is 0.200. The molecule has 2 bridgehead atoms. The monoisotopic (exact) mass is 508 g/mol. The number of carbonyl (C=O) groups is 2. The molecule has 0 aromatic heterocycles. The second kappa shape index (κ2) is 8.99. The van der Waals surface area contributed by atoms with E-state index in [0.29, 0.717) is 5.69 Å². The molecule has 6 rings (SSSR count). The number of hydrogen-bond acceptors (Lipinski definition) is 6. The SMILES string of the molecule is COc1ccc(C(=C2[C@H]3C=C[C@H]2[C@H]2C(=O)N(c4ccc([N+](=O)[O-])cc4)C(=O)[C@H]23)c2ccc(OC)cc2)cc1. The summed E-state index contributed by atoms with van der Waals surface area (Å²) < 4.78 is 10.7. The molecule has 3 aromatic rings. The van der Waals surface area contributed by atoms with Crippen LogP contribution in [0.2, 0.25) is 0 Å². The molecule has 2 amide bonds. The van der Waals surface area contributed by atoms with Crippen LogP contribution in [0.5, 0.6) is 11.5 Å². The number of hydrogen-bond donors (Lipinski definition) is 0. The summed E-state index contributed by atoms with van der Waals surface area (Å²) in [6.07, 6.45) is 4.08. The van der Waals surface area contributed by atoms with Gasteiger partial charge in [-0.15, -0.1) is 0 Å². The maximum atomic E-state index is 13.7. The second-order valence-electron chi connectivity index (χ2n) is 9.56. The molecule has 1 saturated carbocycles. The number of non-ortho nitro benzene ring substituents is 1. The third-order valence-corrected chi connectivity index (χ3v) is 7.78. The molecule has 3 aliphatic rings. The Morgan fingerprint density at radius 1 is 0.737 bits per heavy atom. The number of anilines is 1. The van der Waals surface area contributed by atoms with Gasteiger partial charge < -0.3 is 9.47 Å². The van der Waals surface area contributed by atoms with Crippen LogP contribution < -0.4 is 14.4 Å². The third-order valence-electron chi connectivity index (χ3n) is 7.78. The molecule has 1 aliphatic heterocycles. The summed E-state index contributed by atoms with van der Waals surface area (Å²) in [6, 6.07) is 21.1. The van der Waals surface area contributed by atoms with Crippen LogP contribution >= 0.6 is 0 Å². The number of rotatable bonds is 6. The first-order chi connectivity index (χ1) is 18.4. The minimum absolute atomic E-state index is 0.0939. The first-order valence-electron chi connectivity index (χ1n) is 12.3. The van der Waals surface area contributed by atoms with Gasteiger partial charge in [0, 0.05) is 24.0 Å². The van der Waals surface area contributed by atoms with Crippen molar-refractivity contribution in [3.05, 3.63) is 112 Å². The highest BCUT2D eigenvalue weighted by Gasteiger charge is 2.62. The maximum Gasteiger partial charge on any atom is 0.269 e. The van der Waals surface area contributed by atoms with Crippen molar-refractivity contribution in [3.63, 3.8) is 0 Å². The zero-order valence-electron chi connectivity index (χ0n) is 20.7. The number of benzene rings is 3. The molecule has 3 aromatic carbocycles. The third kappa shape index (κ3) is 3.52. The van der Waals surface area contributed by atoms with E-state index < -0.39 is 16.8 Å². The van der Waals surface area contributed by atoms with Crippen LogP contribution in [0, 0.1) is 33.8 Å². The molecule has 4 atom stereocenters. The number of allylic oxidation sites excluding steroid dienone is 3. The number of fused-ring (bicyclic) bond motifs is 5. The zero-order chi connectivity index (χ0) is 26.6. The summed E-state index contributed by atoms with van der Waals surface area (Å²) in [4.78, 5) is 39.1. The molecule has 2 fully saturated rings. The molecule has 8 heteroatoms. The summed E-state index contributed by atoms with van der Waals surface area (Å²) in [5, 5.41) is 11.1. The molecule has 190 valence electrons. The fourth-order valence-corrected chi connectivity index (χ4v) is 6.09. The average Bonchev–Trinajstić information content (AvgIpc) is 3.58. The van der Waals surface area contributed by atoms with E-state index in [2.05, 4.69) is 0 Å². The first-order valence-corrected chi connectivity index (χ1v) is 12.3. The molecule has 1 heterocycles. The Kier molecular flexibility index (Phi) is 5.60. The fourth-order valence-electron chi connectivity index (χ4n) is 6.09. The summed E-state index contributed by atoms with van der Waals surface area (Å²) in [5.74, 6) is -0.572. The van der Waals surface area contributed by atoms with Gasteiger partial charge >= 0.3 is 0 Å². The van der Waals surface area contributed by atoms with E-state index in [1.54, 1.807) is 14.2 Å². The average molecular weight is 509 g/mol. The Labute approximate surface area is 218 Å². The van der Waals surface area contributed by atoms with Crippen LogP contribution in [-0.2, 0) is 9.59 Å². The van der Waals surface area contributed by atoms with Gasteiger partial charge in [-0.3, -0.25) is 19.7 Å². The van der Waals surface area contributed by atoms with Gasteiger partial charge in [0.2, 0.25) is 11.8 Å². The van der Waals surface area contributed by atoms with Gasteiger partial charge in [-0.1, -0.05) is 36.4 Å². The summed E-state index contributed by atoms with van der Waals surface area (Å²) in [7, 11) is 3.24. The number of nitro groups is 1. The highest BCUT2D eigenvalue weighted by Crippen LogP contribution is 2.59. The summed E-state index contributed by atoms with van der Waals surface area (Å²) >= 11 is 0. The van der Waals surface area contributed by atoms with Gasteiger partial charge in [-0.2, -0.15) is 0 Å². The van der Waals surface area contributed by atoms with E-state index in [1.807, 2.05) is 60.7 Å². The van der Waals surface area contributed by atoms with Gasteiger partial charge in [-0.25, -0.2) is 4.90 Å². The molecule has 8 nitrogen and oxygen atoms in total. The molecule has 0 radical (unpaired) electrons. The van der Waals surface area contributed by atoms with Gasteiger partial charge in [-0.05, 0) is 58.7 Å². The Morgan fingerprint density at radius 3 is 1.58 bits per heavy atom. The Bertz CT molecular complexity index is 1420. The molecule has 0 spiro atoms. The largest absolute Gasteiger partial charge is 0.497 e. The van der Waals surface area contributed by atoms with E-state index in [0.717, 1.165) is 33.8 Å². The second-order valence-corrected chi connectivity index (χ2v) is 9.56. The van der Waals surface area contributed by atoms with E-state index in [-0.39, 0.29) is 29.3 Å². The lowest BCUT2D eigenvalue weighted by molar-refractivity contribution is -0.384. The minimum Gasteiger partial charge on any atom is -0.497 e. The Morgan fingerprint density at radius 2 is 1.18 bits per heavy atom. The van der Waals surface area contributed by atoms with E-state index in [4.69, 9.17) is 9.47 Å². The van der Waals surface area contributed by atoms with Crippen molar-refractivity contribution in [1.29, 1.82) is 0 Å². The lowest BCUT2D eigenvalue weighted by Crippen LogP contribution is -2.33. The highest BCUT2D eigenvalue weighted by atomic mass is 16.6. The summed E-state index contributed by atoms with van der Waals surface area (Å²) in [5.41, 5.74) is 4.25. The van der Waals surface area contributed by atoms with Crippen LogP contribution in [-0.4, -0.2) is 31.0 Å². The molecule has 2 aliphatic carbocycles. The summed E-state index contributed by atoms with van der Waals surface area (Å²) in [6.45, 7) is 0. The maximum absolute atomic E-state index is 13.7. The zero-order valence-corrected chi connectivity index (χ0v) is 20.7. The van der Waals surface area contributed by atoms with Crippen LogP contribution in [0.15, 0.2) is 90.5 Å². The number of nitro benzene ring substituents is 1. The number of methoxy groups -OCH3 is 2. The predicted molar refractivity (Wildman–Crippen MR) is 141 cm³/mol. The minimum atomic E-state index is -0.519. The van der Waals surface area contributed by atoms with Crippen molar-refractivity contribution in [2.24, 2.45) is 23.7 Å². The fraction of sp³-hybridized carbons (Fsp3) is 0.200. The van der Waals surface area contributed by atoms with Gasteiger partial charge in [0.1, 0.15) is 11.5 Å². The standard InChI is InChI=1S/C30H24N2O6/c1-37-21-11-3-17(4-12-21)25(18-5-13-22(38-2)14-6-18)26-23-15-16-24(26)28-27(23)29(33)31(30(28)34)19-7-9-20(10-8-19)32(35)36/h3-16,23-24,27-28H,1-2H3/t23-,24-,27-,28+/m1/s1. The van der Waals surface area contributed by atoms with Crippen molar-refractivity contribution in [2.45, 2.75) is 0 Å². The van der Waals surface area contributed by atoms with Gasteiger partial charge in [0.15, 0.2) is 0 Å². The van der Waals surface area contributed by atoms with E-state index in [1.165, 1.54) is 29.2 Å². The van der Waals surface area contributed by atoms with Crippen LogP contribution in [0.3, 0.4) is 0 Å². The number of amides is 2. The van der Waals surface area contributed by atoms with Crippen molar-refractivity contribution in [2.75, 3.05) is 19.1 Å². The molecule has 0 unspecified atom stereocenters. The van der Waals surface area contributed by atoms with Crippen LogP contribution in [0.4, 0.5) is 11.4 Å². The molecule has 1 saturated heterocycles. The van der Waals surface area contributed by atoms with Crippen molar-refractivity contribution < 1.29 is 24.0 Å². The molecular formula is C30H24N2O6. The van der Waals surface area contributed by atoms with E-state index >= 15 is 0 Å². The van der Waals surface area contributed by atoms with Crippen molar-refractivity contribution >= 4 is 28.8 Å². The number of imide groups is 1. The molecule has 0 N–H and O–H groups in total. The van der Waals surface area contributed by atoms with Crippen LogP contribution in [0.25, 0.3) is 5.57 Å². The Hall–Kier alpha value is -4.72. The number of carbonyl (C=O) groups excluding carboxylic acids is 2. The lowest BCUT2D eigenvalue weighted by Gasteiger charge is -2.22. The van der Waals surface area contributed by atoms with E-state index in [9.17, 15) is 19.7 Å².